The van der Waals surface area contributed by atoms with Gasteiger partial charge in [0.05, 0.1) is 13.2 Å². The van der Waals surface area contributed by atoms with Crippen LogP contribution >= 0.6 is 0 Å². The second kappa shape index (κ2) is 4.63. The molecule has 0 spiro atoms. The van der Waals surface area contributed by atoms with Gasteiger partial charge in [-0.1, -0.05) is 0 Å². The molecule has 5 nitrogen and oxygen atoms in total. The highest BCUT2D eigenvalue weighted by atomic mass is 16.3. The third kappa shape index (κ3) is 2.44. The standard InChI is InChI=1S/C7H11N3O2/c11-5-3-8-6-7(12)10-4-1-2-9-10/h1-2,4,8,11H,3,5-6H2. The highest BCUT2D eigenvalue weighted by Crippen LogP contribution is 1.82. The van der Waals surface area contributed by atoms with E-state index in [2.05, 4.69) is 10.4 Å². The molecule has 0 amide bonds. The van der Waals surface area contributed by atoms with Crippen LogP contribution < -0.4 is 5.32 Å². The van der Waals surface area contributed by atoms with Crippen LogP contribution in [0.15, 0.2) is 18.5 Å². The summed E-state index contributed by atoms with van der Waals surface area (Å²) < 4.78 is 1.25. The Kier molecular flexibility index (Phi) is 3.43. The van der Waals surface area contributed by atoms with Crippen LogP contribution in [0.25, 0.3) is 0 Å². The topological polar surface area (TPSA) is 67.2 Å². The fourth-order valence-electron chi connectivity index (χ4n) is 0.772. The van der Waals surface area contributed by atoms with E-state index in [1.807, 2.05) is 0 Å². The van der Waals surface area contributed by atoms with Crippen LogP contribution in [0.4, 0.5) is 0 Å². The van der Waals surface area contributed by atoms with Crippen LogP contribution in [-0.2, 0) is 0 Å². The molecule has 0 unspecified atom stereocenters. The number of carbonyl (C=O) groups excluding carboxylic acids is 1. The van der Waals surface area contributed by atoms with Gasteiger partial charge in [-0.3, -0.25) is 4.79 Å². The first-order valence-corrected chi connectivity index (χ1v) is 3.69. The number of aliphatic hydroxyl groups excluding tert-OH is 1. The molecule has 0 saturated carbocycles. The van der Waals surface area contributed by atoms with Gasteiger partial charge in [0, 0.05) is 18.9 Å². The van der Waals surface area contributed by atoms with Gasteiger partial charge in [0.1, 0.15) is 0 Å². The van der Waals surface area contributed by atoms with Gasteiger partial charge in [-0.05, 0) is 6.07 Å². The number of aliphatic hydroxyl groups is 1. The van der Waals surface area contributed by atoms with E-state index >= 15 is 0 Å². The summed E-state index contributed by atoms with van der Waals surface area (Å²) in [5.74, 6) is -0.131. The zero-order valence-corrected chi connectivity index (χ0v) is 6.60. The maximum Gasteiger partial charge on any atom is 0.260 e. The second-order valence-corrected chi connectivity index (χ2v) is 2.24. The van der Waals surface area contributed by atoms with Crippen LogP contribution in [0.3, 0.4) is 0 Å². The van der Waals surface area contributed by atoms with E-state index in [9.17, 15) is 4.79 Å². The second-order valence-electron chi connectivity index (χ2n) is 2.24. The van der Waals surface area contributed by atoms with E-state index in [0.29, 0.717) is 6.54 Å². The molecule has 66 valence electrons. The number of hydrogen-bond acceptors (Lipinski definition) is 4. The Hall–Kier alpha value is -1.20. The molecule has 1 aromatic rings. The van der Waals surface area contributed by atoms with E-state index in [1.165, 1.54) is 4.68 Å². The third-order valence-electron chi connectivity index (χ3n) is 1.32. The molecule has 1 heterocycles. The molecule has 0 aromatic carbocycles. The molecule has 12 heavy (non-hydrogen) atoms. The van der Waals surface area contributed by atoms with Crippen molar-refractivity contribution in [1.29, 1.82) is 0 Å². The maximum atomic E-state index is 11.1. The Morgan fingerprint density at radius 3 is 3.08 bits per heavy atom. The molecule has 0 radical (unpaired) electrons. The summed E-state index contributed by atoms with van der Waals surface area (Å²) in [4.78, 5) is 11.1. The molecule has 0 aliphatic carbocycles. The Morgan fingerprint density at radius 2 is 2.50 bits per heavy atom. The molecular formula is C7H11N3O2. The Balaban J connectivity index is 2.30. The van der Waals surface area contributed by atoms with Crippen molar-refractivity contribution in [2.45, 2.75) is 0 Å². The number of nitrogens with one attached hydrogen (secondary N) is 1. The lowest BCUT2D eigenvalue weighted by atomic mass is 10.5. The molecule has 2 N–H and O–H groups in total. The number of nitrogens with zero attached hydrogens (tertiary/aromatic N) is 2. The predicted octanol–water partition coefficient (Wildman–Crippen LogP) is -0.895. The van der Waals surface area contributed by atoms with Crippen molar-refractivity contribution < 1.29 is 9.90 Å². The van der Waals surface area contributed by atoms with Gasteiger partial charge in [0.25, 0.3) is 5.91 Å². The van der Waals surface area contributed by atoms with Crippen molar-refractivity contribution in [3.8, 4) is 0 Å². The summed E-state index contributed by atoms with van der Waals surface area (Å²) >= 11 is 0. The first-order chi connectivity index (χ1) is 5.84. The SMILES string of the molecule is O=C(CNCCO)n1cccn1. The fourth-order valence-corrected chi connectivity index (χ4v) is 0.772. The molecular weight excluding hydrogens is 158 g/mol. The summed E-state index contributed by atoms with van der Waals surface area (Å²) in [6.45, 7) is 0.654. The summed E-state index contributed by atoms with van der Waals surface area (Å²) in [7, 11) is 0. The molecule has 0 fully saturated rings. The quantitative estimate of drug-likeness (QED) is 0.573. The lowest BCUT2D eigenvalue weighted by Gasteiger charge is -2.00. The smallest absolute Gasteiger partial charge is 0.260 e. The summed E-state index contributed by atoms with van der Waals surface area (Å²) in [5, 5.41) is 14.9. The van der Waals surface area contributed by atoms with Crippen LogP contribution in [-0.4, -0.2) is 40.5 Å². The highest BCUT2D eigenvalue weighted by molar-refractivity contribution is 5.79. The average molecular weight is 169 g/mol. The minimum Gasteiger partial charge on any atom is -0.395 e. The van der Waals surface area contributed by atoms with Crippen LogP contribution in [0, 0.1) is 0 Å². The zero-order chi connectivity index (χ0) is 8.81. The van der Waals surface area contributed by atoms with Crippen LogP contribution in [0.1, 0.15) is 4.79 Å². The van der Waals surface area contributed by atoms with E-state index < -0.39 is 0 Å². The summed E-state index contributed by atoms with van der Waals surface area (Å²) in [6, 6.07) is 1.68. The molecule has 0 atom stereocenters. The van der Waals surface area contributed by atoms with Crippen molar-refractivity contribution in [1.82, 2.24) is 15.1 Å². The molecule has 1 aromatic heterocycles. The number of hydrogen-bond donors (Lipinski definition) is 2. The number of carbonyl (C=O) groups is 1. The van der Waals surface area contributed by atoms with Gasteiger partial charge >= 0.3 is 0 Å². The summed E-state index contributed by atoms with van der Waals surface area (Å²) in [6.07, 6.45) is 3.13. The van der Waals surface area contributed by atoms with Crippen molar-refractivity contribution in [2.75, 3.05) is 19.7 Å². The van der Waals surface area contributed by atoms with Gasteiger partial charge in [0.2, 0.25) is 0 Å². The predicted molar refractivity (Wildman–Crippen MR) is 42.8 cm³/mol. The Morgan fingerprint density at radius 1 is 1.67 bits per heavy atom. The molecule has 0 saturated heterocycles. The number of aromatic nitrogens is 2. The molecule has 5 heteroatoms. The minimum absolute atomic E-state index is 0.0341. The van der Waals surface area contributed by atoms with Gasteiger partial charge in [0.15, 0.2) is 0 Å². The fraction of sp³-hybridized carbons (Fsp3) is 0.429. The molecule has 0 aliphatic rings. The Bertz CT molecular complexity index is 233. The van der Waals surface area contributed by atoms with Crippen LogP contribution in [0.5, 0.6) is 0 Å². The summed E-state index contributed by atoms with van der Waals surface area (Å²) in [5.41, 5.74) is 0. The van der Waals surface area contributed by atoms with E-state index in [-0.39, 0.29) is 19.1 Å². The lowest BCUT2D eigenvalue weighted by Crippen LogP contribution is -2.29. The monoisotopic (exact) mass is 169 g/mol. The van der Waals surface area contributed by atoms with Crippen molar-refractivity contribution >= 4 is 5.91 Å². The average Bonchev–Trinajstić information content (AvgIpc) is 2.56. The highest BCUT2D eigenvalue weighted by Gasteiger charge is 2.01. The zero-order valence-electron chi connectivity index (χ0n) is 6.60. The minimum atomic E-state index is -0.131. The Labute approximate surface area is 70.0 Å². The van der Waals surface area contributed by atoms with Crippen molar-refractivity contribution in [2.24, 2.45) is 0 Å². The van der Waals surface area contributed by atoms with E-state index in [0.717, 1.165) is 0 Å². The van der Waals surface area contributed by atoms with Gasteiger partial charge in [-0.2, -0.15) is 5.10 Å². The lowest BCUT2D eigenvalue weighted by molar-refractivity contribution is 0.0895. The van der Waals surface area contributed by atoms with Gasteiger partial charge in [-0.15, -0.1) is 0 Å². The van der Waals surface area contributed by atoms with Crippen LogP contribution in [0.2, 0.25) is 0 Å². The number of rotatable bonds is 4. The van der Waals surface area contributed by atoms with Gasteiger partial charge in [-0.25, -0.2) is 4.68 Å². The van der Waals surface area contributed by atoms with Crippen molar-refractivity contribution in [3.63, 3.8) is 0 Å². The van der Waals surface area contributed by atoms with E-state index in [1.54, 1.807) is 18.5 Å². The first kappa shape index (κ1) is 8.89. The normalized spacial score (nSPS) is 10.1. The van der Waals surface area contributed by atoms with Gasteiger partial charge < -0.3 is 10.4 Å². The molecule has 0 aliphatic heterocycles. The third-order valence-corrected chi connectivity index (χ3v) is 1.32. The largest absolute Gasteiger partial charge is 0.395 e. The maximum absolute atomic E-state index is 11.1. The van der Waals surface area contributed by atoms with E-state index in [4.69, 9.17) is 5.11 Å². The first-order valence-electron chi connectivity index (χ1n) is 3.69. The molecule has 1 rings (SSSR count). The molecule has 0 bridgehead atoms. The van der Waals surface area contributed by atoms with Crippen molar-refractivity contribution in [3.05, 3.63) is 18.5 Å².